The molecule has 2 N–H and O–H groups in total. The highest BCUT2D eigenvalue weighted by molar-refractivity contribution is 5.32. The molecule has 96 valence electrons. The molecule has 0 aliphatic carbocycles. The summed E-state index contributed by atoms with van der Waals surface area (Å²) in [6, 6.07) is -0.260. The van der Waals surface area contributed by atoms with Crippen molar-refractivity contribution in [2.75, 3.05) is 25.6 Å². The summed E-state index contributed by atoms with van der Waals surface area (Å²) >= 11 is 0. The minimum absolute atomic E-state index is 0.0704. The number of aliphatic hydroxyl groups is 1. The zero-order valence-corrected chi connectivity index (χ0v) is 10.4. The van der Waals surface area contributed by atoms with Crippen molar-refractivity contribution < 1.29 is 9.84 Å². The highest BCUT2D eigenvalue weighted by Crippen LogP contribution is 2.02. The van der Waals surface area contributed by atoms with E-state index >= 15 is 0 Å². The zero-order chi connectivity index (χ0) is 12.8. The van der Waals surface area contributed by atoms with Crippen LogP contribution in [0.5, 0.6) is 0 Å². The van der Waals surface area contributed by atoms with Crippen molar-refractivity contribution in [2.45, 2.75) is 25.9 Å². The van der Waals surface area contributed by atoms with E-state index in [2.05, 4.69) is 10.3 Å². The first-order valence-electron chi connectivity index (χ1n) is 5.53. The van der Waals surface area contributed by atoms with Crippen LogP contribution in [0.2, 0.25) is 0 Å². The molecule has 0 radical (unpaired) electrons. The Morgan fingerprint density at radius 1 is 1.59 bits per heavy atom. The number of aromatic nitrogens is 2. The normalized spacial score (nSPS) is 12.8. The third-order valence-electron chi connectivity index (χ3n) is 2.35. The predicted molar refractivity (Wildman–Crippen MR) is 65.3 cm³/mol. The third kappa shape index (κ3) is 3.54. The molecule has 1 aromatic rings. The van der Waals surface area contributed by atoms with Crippen LogP contribution in [-0.2, 0) is 4.74 Å². The summed E-state index contributed by atoms with van der Waals surface area (Å²) in [4.78, 5) is 16.0. The van der Waals surface area contributed by atoms with Crippen molar-refractivity contribution in [3.8, 4) is 0 Å². The Bertz CT molecular complexity index is 403. The first-order chi connectivity index (χ1) is 8.10. The van der Waals surface area contributed by atoms with Crippen LogP contribution < -0.4 is 10.9 Å². The largest absolute Gasteiger partial charge is 0.394 e. The molecule has 6 nitrogen and oxygen atoms in total. The lowest BCUT2D eigenvalue weighted by atomic mass is 10.3. The van der Waals surface area contributed by atoms with Crippen LogP contribution in [0.3, 0.4) is 0 Å². The van der Waals surface area contributed by atoms with Crippen LogP contribution in [0.1, 0.15) is 19.9 Å². The minimum atomic E-state index is -0.330. The number of anilines is 1. The standard InChI is InChI=1S/C11H19N3O3/c1-8(2)14-5-4-12-10(11(14)16)13-9(6-15)7-17-3/h4-5,8-9,15H,6-7H2,1-3H3,(H,12,13). The molecule has 17 heavy (non-hydrogen) atoms. The quantitative estimate of drug-likeness (QED) is 0.746. The molecular formula is C11H19N3O3. The van der Waals surface area contributed by atoms with Crippen molar-refractivity contribution in [1.82, 2.24) is 9.55 Å². The average Bonchev–Trinajstić information content (AvgIpc) is 2.30. The van der Waals surface area contributed by atoms with Gasteiger partial charge in [-0.15, -0.1) is 0 Å². The number of hydrogen-bond acceptors (Lipinski definition) is 5. The van der Waals surface area contributed by atoms with E-state index < -0.39 is 0 Å². The van der Waals surface area contributed by atoms with Crippen molar-refractivity contribution in [2.24, 2.45) is 0 Å². The van der Waals surface area contributed by atoms with Crippen molar-refractivity contribution >= 4 is 5.82 Å². The van der Waals surface area contributed by atoms with Crippen LogP contribution in [0.4, 0.5) is 5.82 Å². The molecule has 1 heterocycles. The molecule has 0 aliphatic heterocycles. The number of methoxy groups -OCH3 is 1. The van der Waals surface area contributed by atoms with Gasteiger partial charge in [-0.2, -0.15) is 0 Å². The Morgan fingerprint density at radius 3 is 2.82 bits per heavy atom. The Balaban J connectivity index is 2.91. The summed E-state index contributed by atoms with van der Waals surface area (Å²) in [6.07, 6.45) is 3.20. The average molecular weight is 241 g/mol. The number of hydrogen-bond donors (Lipinski definition) is 2. The molecule has 0 aromatic carbocycles. The number of aliphatic hydroxyl groups excluding tert-OH is 1. The summed E-state index contributed by atoms with van der Waals surface area (Å²) < 4.78 is 6.51. The molecule has 1 rings (SSSR count). The molecule has 0 spiro atoms. The molecule has 1 unspecified atom stereocenters. The second-order valence-corrected chi connectivity index (χ2v) is 4.06. The SMILES string of the molecule is COCC(CO)Nc1nccn(C(C)C)c1=O. The van der Waals surface area contributed by atoms with Gasteiger partial charge in [0.2, 0.25) is 0 Å². The van der Waals surface area contributed by atoms with Gasteiger partial charge in [0.25, 0.3) is 5.56 Å². The van der Waals surface area contributed by atoms with E-state index in [1.165, 1.54) is 7.11 Å². The molecule has 0 aliphatic rings. The molecule has 0 fully saturated rings. The molecule has 0 bridgehead atoms. The molecular weight excluding hydrogens is 222 g/mol. The van der Waals surface area contributed by atoms with E-state index in [0.717, 1.165) is 0 Å². The van der Waals surface area contributed by atoms with Gasteiger partial charge in [0, 0.05) is 25.5 Å². The molecule has 0 saturated heterocycles. The van der Waals surface area contributed by atoms with Crippen LogP contribution in [0.25, 0.3) is 0 Å². The number of nitrogens with zero attached hydrogens (tertiary/aromatic N) is 2. The van der Waals surface area contributed by atoms with Gasteiger partial charge in [-0.25, -0.2) is 4.98 Å². The minimum Gasteiger partial charge on any atom is -0.394 e. The number of rotatable bonds is 6. The van der Waals surface area contributed by atoms with E-state index in [9.17, 15) is 4.79 Å². The Kier molecular flexibility index (Phi) is 5.11. The van der Waals surface area contributed by atoms with Crippen LogP contribution in [-0.4, -0.2) is 41.0 Å². The van der Waals surface area contributed by atoms with Crippen molar-refractivity contribution in [3.63, 3.8) is 0 Å². The lowest BCUT2D eigenvalue weighted by Crippen LogP contribution is -2.34. The maximum absolute atomic E-state index is 12.0. The second kappa shape index (κ2) is 6.36. The van der Waals surface area contributed by atoms with Gasteiger partial charge in [0.15, 0.2) is 5.82 Å². The zero-order valence-electron chi connectivity index (χ0n) is 10.4. The van der Waals surface area contributed by atoms with E-state index in [1.54, 1.807) is 17.0 Å². The van der Waals surface area contributed by atoms with Gasteiger partial charge in [-0.1, -0.05) is 0 Å². The maximum atomic E-state index is 12.0. The Labute approximate surface area is 100 Å². The molecule has 6 heteroatoms. The van der Waals surface area contributed by atoms with Crippen LogP contribution in [0.15, 0.2) is 17.2 Å². The molecule has 0 saturated carbocycles. The van der Waals surface area contributed by atoms with Crippen LogP contribution >= 0.6 is 0 Å². The highest BCUT2D eigenvalue weighted by Gasteiger charge is 2.12. The summed E-state index contributed by atoms with van der Waals surface area (Å²) in [5, 5.41) is 12.0. The van der Waals surface area contributed by atoms with Gasteiger partial charge in [-0.3, -0.25) is 4.79 Å². The molecule has 0 amide bonds. The van der Waals surface area contributed by atoms with Gasteiger partial charge in [0.05, 0.1) is 19.3 Å². The predicted octanol–water partition coefficient (Wildman–Crippen LogP) is 0.243. The summed E-state index contributed by atoms with van der Waals surface area (Å²) in [5.41, 5.74) is -0.197. The van der Waals surface area contributed by atoms with E-state index in [4.69, 9.17) is 9.84 Å². The third-order valence-corrected chi connectivity index (χ3v) is 2.35. The maximum Gasteiger partial charge on any atom is 0.293 e. The topological polar surface area (TPSA) is 76.4 Å². The number of nitrogens with one attached hydrogen (secondary N) is 1. The Morgan fingerprint density at radius 2 is 2.29 bits per heavy atom. The van der Waals surface area contributed by atoms with E-state index in [1.807, 2.05) is 13.8 Å². The first kappa shape index (κ1) is 13.7. The monoisotopic (exact) mass is 241 g/mol. The van der Waals surface area contributed by atoms with E-state index in [-0.39, 0.29) is 30.1 Å². The van der Waals surface area contributed by atoms with Gasteiger partial charge >= 0.3 is 0 Å². The lowest BCUT2D eigenvalue weighted by molar-refractivity contribution is 0.153. The van der Waals surface area contributed by atoms with Crippen LogP contribution in [0, 0.1) is 0 Å². The fraction of sp³-hybridized carbons (Fsp3) is 0.636. The summed E-state index contributed by atoms with van der Waals surface area (Å²) in [5.74, 6) is 0.234. The lowest BCUT2D eigenvalue weighted by Gasteiger charge is -2.17. The molecule has 1 atom stereocenters. The highest BCUT2D eigenvalue weighted by atomic mass is 16.5. The summed E-state index contributed by atoms with van der Waals surface area (Å²) in [7, 11) is 1.54. The van der Waals surface area contributed by atoms with E-state index in [0.29, 0.717) is 6.61 Å². The fourth-order valence-electron chi connectivity index (χ4n) is 1.47. The second-order valence-electron chi connectivity index (χ2n) is 4.06. The first-order valence-corrected chi connectivity index (χ1v) is 5.53. The summed E-state index contributed by atoms with van der Waals surface area (Å²) in [6.45, 7) is 4.04. The number of ether oxygens (including phenoxy) is 1. The molecule has 1 aromatic heterocycles. The Hall–Kier alpha value is -1.40. The van der Waals surface area contributed by atoms with Gasteiger partial charge < -0.3 is 19.7 Å². The van der Waals surface area contributed by atoms with Gasteiger partial charge in [-0.05, 0) is 13.8 Å². The van der Waals surface area contributed by atoms with Gasteiger partial charge in [0.1, 0.15) is 0 Å². The van der Waals surface area contributed by atoms with Crippen molar-refractivity contribution in [3.05, 3.63) is 22.7 Å². The van der Waals surface area contributed by atoms with Crippen molar-refractivity contribution in [1.29, 1.82) is 0 Å². The fourth-order valence-corrected chi connectivity index (χ4v) is 1.47. The smallest absolute Gasteiger partial charge is 0.293 e.